The van der Waals surface area contributed by atoms with Gasteiger partial charge in [0.05, 0.1) is 13.2 Å². The molecule has 1 heterocycles. The first-order chi connectivity index (χ1) is 5.27. The summed E-state index contributed by atoms with van der Waals surface area (Å²) in [5.74, 6) is -0.306. The standard InChI is InChI=1S/C9H16O2/c1-3-4-5-6-9(2)10-7-8-11-9/h3-4H,5-8H2,1-2H3. The molecule has 0 atom stereocenters. The van der Waals surface area contributed by atoms with Crippen molar-refractivity contribution in [3.63, 3.8) is 0 Å². The third-order valence-corrected chi connectivity index (χ3v) is 1.90. The van der Waals surface area contributed by atoms with Crippen molar-refractivity contribution in [2.45, 2.75) is 32.5 Å². The molecule has 0 unspecified atom stereocenters. The van der Waals surface area contributed by atoms with Crippen molar-refractivity contribution in [3.05, 3.63) is 12.2 Å². The molecular formula is C9H16O2. The summed E-state index contributed by atoms with van der Waals surface area (Å²) < 4.78 is 10.9. The number of ether oxygens (including phenoxy) is 2. The number of hydrogen-bond acceptors (Lipinski definition) is 2. The third kappa shape index (κ3) is 2.64. The van der Waals surface area contributed by atoms with E-state index in [2.05, 4.69) is 12.2 Å². The molecule has 0 radical (unpaired) electrons. The Bertz CT molecular complexity index is 134. The van der Waals surface area contributed by atoms with E-state index in [0.29, 0.717) is 0 Å². The highest BCUT2D eigenvalue weighted by Gasteiger charge is 2.29. The fourth-order valence-corrected chi connectivity index (χ4v) is 1.21. The summed E-state index contributed by atoms with van der Waals surface area (Å²) in [5.41, 5.74) is 0. The highest BCUT2D eigenvalue weighted by atomic mass is 16.7. The van der Waals surface area contributed by atoms with E-state index in [1.54, 1.807) is 0 Å². The maximum atomic E-state index is 5.43. The lowest BCUT2D eigenvalue weighted by Crippen LogP contribution is -2.24. The van der Waals surface area contributed by atoms with E-state index in [0.717, 1.165) is 26.1 Å². The Morgan fingerprint density at radius 3 is 2.55 bits per heavy atom. The van der Waals surface area contributed by atoms with Crippen LogP contribution in [0.1, 0.15) is 26.7 Å². The van der Waals surface area contributed by atoms with Crippen LogP contribution >= 0.6 is 0 Å². The normalized spacial score (nSPS) is 23.1. The second kappa shape index (κ2) is 3.88. The van der Waals surface area contributed by atoms with Crippen molar-refractivity contribution in [2.24, 2.45) is 0 Å². The highest BCUT2D eigenvalue weighted by Crippen LogP contribution is 2.23. The predicted molar refractivity (Wildman–Crippen MR) is 44.4 cm³/mol. The molecule has 0 N–H and O–H groups in total. The van der Waals surface area contributed by atoms with E-state index < -0.39 is 0 Å². The number of rotatable bonds is 3. The molecular weight excluding hydrogens is 140 g/mol. The second-order valence-electron chi connectivity index (χ2n) is 2.94. The molecule has 0 saturated carbocycles. The van der Waals surface area contributed by atoms with Gasteiger partial charge in [0.2, 0.25) is 0 Å². The summed E-state index contributed by atoms with van der Waals surface area (Å²) in [4.78, 5) is 0. The van der Waals surface area contributed by atoms with Gasteiger partial charge in [-0.25, -0.2) is 0 Å². The number of hydrogen-bond donors (Lipinski definition) is 0. The SMILES string of the molecule is CC=CCCC1(C)OCCO1. The van der Waals surface area contributed by atoms with E-state index in [1.807, 2.05) is 13.8 Å². The molecule has 1 aliphatic rings. The van der Waals surface area contributed by atoms with Gasteiger partial charge in [0, 0.05) is 6.42 Å². The van der Waals surface area contributed by atoms with Crippen LogP contribution in [-0.4, -0.2) is 19.0 Å². The predicted octanol–water partition coefficient (Wildman–Crippen LogP) is 2.11. The minimum Gasteiger partial charge on any atom is -0.348 e. The van der Waals surface area contributed by atoms with Crippen molar-refractivity contribution in [1.29, 1.82) is 0 Å². The van der Waals surface area contributed by atoms with Crippen LogP contribution in [-0.2, 0) is 9.47 Å². The van der Waals surface area contributed by atoms with Crippen molar-refractivity contribution in [2.75, 3.05) is 13.2 Å². The first-order valence-electron chi connectivity index (χ1n) is 4.16. The largest absolute Gasteiger partial charge is 0.348 e. The fourth-order valence-electron chi connectivity index (χ4n) is 1.21. The zero-order chi connectivity index (χ0) is 8.16. The highest BCUT2D eigenvalue weighted by molar-refractivity contribution is 4.80. The van der Waals surface area contributed by atoms with Crippen molar-refractivity contribution in [1.82, 2.24) is 0 Å². The van der Waals surface area contributed by atoms with Crippen LogP contribution in [0.25, 0.3) is 0 Å². The van der Waals surface area contributed by atoms with Gasteiger partial charge in [0.25, 0.3) is 0 Å². The Labute approximate surface area is 68.2 Å². The molecule has 1 rings (SSSR count). The van der Waals surface area contributed by atoms with E-state index >= 15 is 0 Å². The second-order valence-corrected chi connectivity index (χ2v) is 2.94. The Morgan fingerprint density at radius 1 is 1.36 bits per heavy atom. The van der Waals surface area contributed by atoms with Gasteiger partial charge in [0.15, 0.2) is 5.79 Å². The van der Waals surface area contributed by atoms with Gasteiger partial charge in [-0.2, -0.15) is 0 Å². The minimum atomic E-state index is -0.306. The van der Waals surface area contributed by atoms with E-state index in [4.69, 9.17) is 9.47 Å². The van der Waals surface area contributed by atoms with E-state index in [9.17, 15) is 0 Å². The fraction of sp³-hybridized carbons (Fsp3) is 0.778. The van der Waals surface area contributed by atoms with Crippen LogP contribution in [0.3, 0.4) is 0 Å². The zero-order valence-corrected chi connectivity index (χ0v) is 7.30. The van der Waals surface area contributed by atoms with Crippen molar-refractivity contribution < 1.29 is 9.47 Å². The summed E-state index contributed by atoms with van der Waals surface area (Å²) in [5, 5.41) is 0. The number of allylic oxidation sites excluding steroid dienone is 2. The third-order valence-electron chi connectivity index (χ3n) is 1.90. The maximum absolute atomic E-state index is 5.43. The molecule has 1 saturated heterocycles. The van der Waals surface area contributed by atoms with Crippen molar-refractivity contribution >= 4 is 0 Å². The Kier molecular flexibility index (Phi) is 3.09. The van der Waals surface area contributed by atoms with Gasteiger partial charge >= 0.3 is 0 Å². The molecule has 0 bridgehead atoms. The Balaban J connectivity index is 2.23. The van der Waals surface area contributed by atoms with Gasteiger partial charge in [-0.3, -0.25) is 0 Å². The molecule has 0 aromatic rings. The van der Waals surface area contributed by atoms with Crippen LogP contribution in [0.5, 0.6) is 0 Å². The van der Waals surface area contributed by atoms with Gasteiger partial charge in [-0.05, 0) is 20.3 Å². The van der Waals surface area contributed by atoms with E-state index in [1.165, 1.54) is 0 Å². The zero-order valence-electron chi connectivity index (χ0n) is 7.30. The average Bonchev–Trinajstić information content (AvgIpc) is 2.38. The molecule has 64 valence electrons. The van der Waals surface area contributed by atoms with Gasteiger partial charge in [-0.1, -0.05) is 12.2 Å². The molecule has 0 spiro atoms. The van der Waals surface area contributed by atoms with Gasteiger partial charge in [0.1, 0.15) is 0 Å². The monoisotopic (exact) mass is 156 g/mol. The molecule has 1 aliphatic heterocycles. The quantitative estimate of drug-likeness (QED) is 0.582. The molecule has 1 fully saturated rings. The lowest BCUT2D eigenvalue weighted by atomic mass is 10.1. The van der Waals surface area contributed by atoms with E-state index in [-0.39, 0.29) is 5.79 Å². The van der Waals surface area contributed by atoms with Crippen LogP contribution < -0.4 is 0 Å². The lowest BCUT2D eigenvalue weighted by molar-refractivity contribution is -0.145. The summed E-state index contributed by atoms with van der Waals surface area (Å²) >= 11 is 0. The molecule has 11 heavy (non-hydrogen) atoms. The molecule has 0 aliphatic carbocycles. The van der Waals surface area contributed by atoms with Crippen LogP contribution in [0.4, 0.5) is 0 Å². The average molecular weight is 156 g/mol. The Hall–Kier alpha value is -0.340. The summed E-state index contributed by atoms with van der Waals surface area (Å²) in [6.45, 7) is 5.51. The summed E-state index contributed by atoms with van der Waals surface area (Å²) in [6, 6.07) is 0. The molecule has 0 aromatic heterocycles. The minimum absolute atomic E-state index is 0.306. The van der Waals surface area contributed by atoms with Gasteiger partial charge in [-0.15, -0.1) is 0 Å². The summed E-state index contributed by atoms with van der Waals surface area (Å²) in [7, 11) is 0. The maximum Gasteiger partial charge on any atom is 0.166 e. The van der Waals surface area contributed by atoms with Crippen LogP contribution in [0.15, 0.2) is 12.2 Å². The molecule has 2 heteroatoms. The first-order valence-corrected chi connectivity index (χ1v) is 4.16. The van der Waals surface area contributed by atoms with Crippen LogP contribution in [0.2, 0.25) is 0 Å². The smallest absolute Gasteiger partial charge is 0.166 e. The molecule has 0 amide bonds. The first kappa shape index (κ1) is 8.75. The van der Waals surface area contributed by atoms with Gasteiger partial charge < -0.3 is 9.47 Å². The molecule has 0 aromatic carbocycles. The van der Waals surface area contributed by atoms with Crippen LogP contribution in [0, 0.1) is 0 Å². The lowest BCUT2D eigenvalue weighted by Gasteiger charge is -2.20. The summed E-state index contributed by atoms with van der Waals surface area (Å²) in [6.07, 6.45) is 6.18. The Morgan fingerprint density at radius 2 is 2.00 bits per heavy atom. The van der Waals surface area contributed by atoms with Crippen molar-refractivity contribution in [3.8, 4) is 0 Å². The topological polar surface area (TPSA) is 18.5 Å². The molecule has 2 nitrogen and oxygen atoms in total.